The zero-order valence-electron chi connectivity index (χ0n) is 15.6. The number of amides is 4. The highest BCUT2D eigenvalue weighted by atomic mass is 19.1. The molecule has 1 atom stereocenters. The molecule has 1 aromatic carbocycles. The predicted octanol–water partition coefficient (Wildman–Crippen LogP) is 3.04. The van der Waals surface area contributed by atoms with E-state index in [1.807, 2.05) is 0 Å². The third kappa shape index (κ3) is 4.28. The molecule has 1 heterocycles. The summed E-state index contributed by atoms with van der Waals surface area (Å²) >= 11 is 0. The number of urea groups is 1. The molecule has 1 saturated carbocycles. The van der Waals surface area contributed by atoms with Crippen LogP contribution in [-0.2, 0) is 9.59 Å². The van der Waals surface area contributed by atoms with Crippen LogP contribution in [0.25, 0.3) is 0 Å². The number of nitrogens with one attached hydrogen (secondary N) is 2. The molecule has 146 valence electrons. The van der Waals surface area contributed by atoms with E-state index in [0.29, 0.717) is 12.8 Å². The summed E-state index contributed by atoms with van der Waals surface area (Å²) in [6, 6.07) is 5.00. The van der Waals surface area contributed by atoms with Crippen molar-refractivity contribution >= 4 is 17.8 Å². The molecule has 6 nitrogen and oxygen atoms in total. The van der Waals surface area contributed by atoms with Crippen molar-refractivity contribution in [1.29, 1.82) is 0 Å². The number of hydrogen-bond donors (Lipinski definition) is 2. The zero-order valence-corrected chi connectivity index (χ0v) is 15.6. The fraction of sp³-hybridized carbons (Fsp3) is 0.550. The van der Waals surface area contributed by atoms with Gasteiger partial charge in [-0.3, -0.25) is 14.5 Å². The topological polar surface area (TPSA) is 78.5 Å². The molecule has 4 amide bonds. The average molecular weight is 375 g/mol. The van der Waals surface area contributed by atoms with Crippen LogP contribution < -0.4 is 10.6 Å². The van der Waals surface area contributed by atoms with Crippen molar-refractivity contribution in [2.24, 2.45) is 0 Å². The van der Waals surface area contributed by atoms with Crippen molar-refractivity contribution in [3.05, 3.63) is 35.6 Å². The lowest BCUT2D eigenvalue weighted by atomic mass is 9.84. The number of nitrogens with zero attached hydrogens (tertiary/aromatic N) is 1. The first-order chi connectivity index (χ1) is 12.9. The van der Waals surface area contributed by atoms with Crippen LogP contribution in [0, 0.1) is 5.82 Å². The highest BCUT2D eigenvalue weighted by Gasteiger charge is 2.50. The molecule has 0 radical (unpaired) electrons. The summed E-state index contributed by atoms with van der Waals surface area (Å²) in [4.78, 5) is 38.7. The number of benzene rings is 1. The second kappa shape index (κ2) is 8.06. The van der Waals surface area contributed by atoms with Gasteiger partial charge in [0, 0.05) is 0 Å². The Morgan fingerprint density at radius 2 is 1.74 bits per heavy atom. The number of carbonyl (C=O) groups is 3. The van der Waals surface area contributed by atoms with Crippen LogP contribution in [0.1, 0.15) is 63.5 Å². The Balaban J connectivity index is 1.62. The van der Waals surface area contributed by atoms with Gasteiger partial charge in [-0.1, -0.05) is 44.2 Å². The molecule has 0 bridgehead atoms. The van der Waals surface area contributed by atoms with E-state index in [4.69, 9.17) is 0 Å². The van der Waals surface area contributed by atoms with Gasteiger partial charge in [-0.05, 0) is 37.5 Å². The lowest BCUT2D eigenvalue weighted by Gasteiger charge is -2.28. The molecule has 1 aliphatic heterocycles. The highest BCUT2D eigenvalue weighted by Crippen LogP contribution is 2.32. The largest absolute Gasteiger partial charge is 0.348 e. The standard InChI is InChI=1S/C20H26FN3O3/c1-14(15-7-9-16(21)10-8-15)22-17(25)13-24-18(26)20(23-19(24)27)11-5-3-2-4-6-12-20/h7-10,14H,2-6,11-13H2,1H3,(H,22,25)(H,23,27). The molecular formula is C20H26FN3O3. The summed E-state index contributed by atoms with van der Waals surface area (Å²) in [5.41, 5.74) is -0.0983. The van der Waals surface area contributed by atoms with Crippen molar-refractivity contribution in [2.45, 2.75) is 63.5 Å². The summed E-state index contributed by atoms with van der Waals surface area (Å²) in [5.74, 6) is -1.06. The molecule has 7 heteroatoms. The van der Waals surface area contributed by atoms with E-state index in [1.54, 1.807) is 19.1 Å². The molecule has 1 unspecified atom stereocenters. The first-order valence-electron chi connectivity index (χ1n) is 9.60. The fourth-order valence-electron chi connectivity index (χ4n) is 3.93. The molecule has 2 N–H and O–H groups in total. The van der Waals surface area contributed by atoms with Crippen LogP contribution in [0.5, 0.6) is 0 Å². The van der Waals surface area contributed by atoms with Crippen molar-refractivity contribution in [3.63, 3.8) is 0 Å². The maximum atomic E-state index is 13.0. The van der Waals surface area contributed by atoms with E-state index in [1.165, 1.54) is 12.1 Å². The van der Waals surface area contributed by atoms with Gasteiger partial charge in [-0.2, -0.15) is 0 Å². The Morgan fingerprint density at radius 3 is 2.37 bits per heavy atom. The molecular weight excluding hydrogens is 349 g/mol. The average Bonchev–Trinajstić information content (AvgIpc) is 2.84. The van der Waals surface area contributed by atoms with Gasteiger partial charge >= 0.3 is 6.03 Å². The first kappa shape index (κ1) is 19.3. The molecule has 3 rings (SSSR count). The molecule has 1 aliphatic carbocycles. The van der Waals surface area contributed by atoms with Crippen LogP contribution in [0.3, 0.4) is 0 Å². The van der Waals surface area contributed by atoms with E-state index < -0.39 is 17.5 Å². The smallest absolute Gasteiger partial charge is 0.325 e. The third-order valence-corrected chi connectivity index (χ3v) is 5.50. The molecule has 2 fully saturated rings. The third-order valence-electron chi connectivity index (χ3n) is 5.50. The molecule has 1 spiro atoms. The Kier molecular flexibility index (Phi) is 5.77. The summed E-state index contributed by atoms with van der Waals surface area (Å²) < 4.78 is 13.0. The van der Waals surface area contributed by atoms with E-state index in [-0.39, 0.29) is 24.3 Å². The molecule has 27 heavy (non-hydrogen) atoms. The minimum absolute atomic E-state index is 0.293. The monoisotopic (exact) mass is 375 g/mol. The van der Waals surface area contributed by atoms with Gasteiger partial charge in [-0.25, -0.2) is 9.18 Å². The Bertz CT molecular complexity index is 712. The Morgan fingerprint density at radius 1 is 1.15 bits per heavy atom. The summed E-state index contributed by atoms with van der Waals surface area (Å²) in [5, 5.41) is 5.61. The maximum Gasteiger partial charge on any atom is 0.325 e. The van der Waals surface area contributed by atoms with Gasteiger partial charge in [0.25, 0.3) is 5.91 Å². The lowest BCUT2D eigenvalue weighted by molar-refractivity contribution is -0.135. The number of rotatable bonds is 4. The van der Waals surface area contributed by atoms with E-state index in [2.05, 4.69) is 10.6 Å². The summed E-state index contributed by atoms with van der Waals surface area (Å²) in [6.07, 6.45) is 6.32. The Hall–Kier alpha value is -2.44. The molecule has 0 aromatic heterocycles. The fourth-order valence-corrected chi connectivity index (χ4v) is 3.93. The van der Waals surface area contributed by atoms with Gasteiger partial charge in [0.2, 0.25) is 5.91 Å². The number of imide groups is 1. The SMILES string of the molecule is CC(NC(=O)CN1C(=O)NC2(CCCCCCC2)C1=O)c1ccc(F)cc1. The number of halogens is 1. The summed E-state index contributed by atoms with van der Waals surface area (Å²) in [6.45, 7) is 1.46. The van der Waals surface area contributed by atoms with Gasteiger partial charge in [-0.15, -0.1) is 0 Å². The second-order valence-corrected chi connectivity index (χ2v) is 7.51. The zero-order chi connectivity index (χ0) is 19.4. The number of hydrogen-bond acceptors (Lipinski definition) is 3. The summed E-state index contributed by atoms with van der Waals surface area (Å²) in [7, 11) is 0. The van der Waals surface area contributed by atoms with Crippen LogP contribution in [0.4, 0.5) is 9.18 Å². The molecule has 1 saturated heterocycles. The minimum Gasteiger partial charge on any atom is -0.348 e. The number of carbonyl (C=O) groups excluding carboxylic acids is 3. The minimum atomic E-state index is -0.847. The normalized spacial score (nSPS) is 20.7. The first-order valence-corrected chi connectivity index (χ1v) is 9.60. The predicted molar refractivity (Wildman–Crippen MR) is 98.3 cm³/mol. The van der Waals surface area contributed by atoms with E-state index in [0.717, 1.165) is 42.6 Å². The lowest BCUT2D eigenvalue weighted by Crippen LogP contribution is -2.48. The van der Waals surface area contributed by atoms with Crippen molar-refractivity contribution in [2.75, 3.05) is 6.54 Å². The quantitative estimate of drug-likeness (QED) is 0.794. The van der Waals surface area contributed by atoms with Crippen LogP contribution in [-0.4, -0.2) is 34.8 Å². The second-order valence-electron chi connectivity index (χ2n) is 7.51. The highest BCUT2D eigenvalue weighted by molar-refractivity contribution is 6.09. The maximum absolute atomic E-state index is 13.0. The van der Waals surface area contributed by atoms with Crippen LogP contribution >= 0.6 is 0 Å². The molecule has 1 aromatic rings. The van der Waals surface area contributed by atoms with Gasteiger partial charge in [0.1, 0.15) is 17.9 Å². The van der Waals surface area contributed by atoms with Crippen molar-refractivity contribution < 1.29 is 18.8 Å². The molecule has 2 aliphatic rings. The van der Waals surface area contributed by atoms with E-state index >= 15 is 0 Å². The van der Waals surface area contributed by atoms with Gasteiger partial charge in [0.15, 0.2) is 0 Å². The van der Waals surface area contributed by atoms with Crippen molar-refractivity contribution in [3.8, 4) is 0 Å². The van der Waals surface area contributed by atoms with Crippen LogP contribution in [0.2, 0.25) is 0 Å². The van der Waals surface area contributed by atoms with Crippen molar-refractivity contribution in [1.82, 2.24) is 15.5 Å². The van der Waals surface area contributed by atoms with E-state index in [9.17, 15) is 18.8 Å². The Labute approximate surface area is 158 Å². The van der Waals surface area contributed by atoms with Gasteiger partial charge < -0.3 is 10.6 Å². The van der Waals surface area contributed by atoms with Gasteiger partial charge in [0.05, 0.1) is 6.04 Å². The van der Waals surface area contributed by atoms with Crippen LogP contribution in [0.15, 0.2) is 24.3 Å².